The molecule has 0 bridgehead atoms. The molecule has 24 heavy (non-hydrogen) atoms. The molecule has 4 rings (SSSR count). The van der Waals surface area contributed by atoms with E-state index in [1.165, 1.54) is 12.8 Å². The summed E-state index contributed by atoms with van der Waals surface area (Å²) >= 11 is 0. The molecule has 3 aromatic rings. The first-order valence-electron chi connectivity index (χ1n) is 8.43. The number of fused-ring (bicyclic) bond motifs is 1. The van der Waals surface area contributed by atoms with E-state index in [1.807, 2.05) is 48.1 Å². The van der Waals surface area contributed by atoms with Crippen LogP contribution in [0.4, 0.5) is 5.69 Å². The van der Waals surface area contributed by atoms with Crippen LogP contribution >= 0.6 is 0 Å². The zero-order valence-electron chi connectivity index (χ0n) is 13.7. The number of nitrogens with zero attached hydrogens (tertiary/aromatic N) is 3. The summed E-state index contributed by atoms with van der Waals surface area (Å²) in [6.07, 6.45) is 6.71. The molecule has 1 fully saturated rings. The van der Waals surface area contributed by atoms with E-state index < -0.39 is 0 Å². The average Bonchev–Trinajstić information content (AvgIpc) is 3.26. The van der Waals surface area contributed by atoms with E-state index in [-0.39, 0.29) is 5.91 Å². The molecule has 122 valence electrons. The van der Waals surface area contributed by atoms with Crippen molar-refractivity contribution in [3.05, 3.63) is 54.0 Å². The van der Waals surface area contributed by atoms with Crippen LogP contribution in [-0.2, 0) is 0 Å². The summed E-state index contributed by atoms with van der Waals surface area (Å²) in [4.78, 5) is 17.1. The van der Waals surface area contributed by atoms with E-state index in [4.69, 9.17) is 0 Å². The number of benzene rings is 1. The van der Waals surface area contributed by atoms with Crippen molar-refractivity contribution in [2.24, 2.45) is 0 Å². The van der Waals surface area contributed by atoms with E-state index in [0.717, 1.165) is 35.1 Å². The molecule has 0 saturated heterocycles. The summed E-state index contributed by atoms with van der Waals surface area (Å²) in [5.41, 5.74) is 2.99. The summed E-state index contributed by atoms with van der Waals surface area (Å²) in [5, 5.41) is 8.41. The molecule has 0 atom stereocenters. The van der Waals surface area contributed by atoms with Crippen molar-refractivity contribution >= 4 is 22.5 Å². The minimum Gasteiger partial charge on any atom is -0.320 e. The van der Waals surface area contributed by atoms with Crippen molar-refractivity contribution < 1.29 is 4.79 Å². The maximum Gasteiger partial charge on any atom is 0.276 e. The zero-order chi connectivity index (χ0) is 16.5. The molecule has 0 spiro atoms. The second-order valence-corrected chi connectivity index (χ2v) is 6.40. The van der Waals surface area contributed by atoms with Crippen LogP contribution in [0.15, 0.2) is 42.6 Å². The smallest absolute Gasteiger partial charge is 0.276 e. The number of aryl methyl sites for hydroxylation is 1. The Morgan fingerprint density at radius 2 is 2.00 bits per heavy atom. The lowest BCUT2D eigenvalue weighted by molar-refractivity contribution is 0.102. The maximum absolute atomic E-state index is 12.6. The lowest BCUT2D eigenvalue weighted by Crippen LogP contribution is -2.15. The largest absolute Gasteiger partial charge is 0.320 e. The molecule has 0 radical (unpaired) electrons. The quantitative estimate of drug-likeness (QED) is 0.790. The number of rotatable bonds is 3. The monoisotopic (exact) mass is 320 g/mol. The molecule has 1 amide bonds. The van der Waals surface area contributed by atoms with Crippen LogP contribution in [0.5, 0.6) is 0 Å². The SMILES string of the molecule is Cc1cc(NC(=O)c2ccn(C3CCCC3)n2)c2ccccc2n1. The van der Waals surface area contributed by atoms with Crippen molar-refractivity contribution in [1.82, 2.24) is 14.8 Å². The van der Waals surface area contributed by atoms with Gasteiger partial charge in [-0.2, -0.15) is 5.10 Å². The van der Waals surface area contributed by atoms with Crippen LogP contribution < -0.4 is 5.32 Å². The van der Waals surface area contributed by atoms with E-state index in [9.17, 15) is 4.79 Å². The lowest BCUT2D eigenvalue weighted by Gasteiger charge is -2.10. The maximum atomic E-state index is 12.6. The van der Waals surface area contributed by atoms with Gasteiger partial charge in [-0.3, -0.25) is 14.5 Å². The van der Waals surface area contributed by atoms with Crippen LogP contribution in [0, 0.1) is 6.92 Å². The number of amides is 1. The summed E-state index contributed by atoms with van der Waals surface area (Å²) in [7, 11) is 0. The molecule has 0 aliphatic heterocycles. The topological polar surface area (TPSA) is 59.8 Å². The van der Waals surface area contributed by atoms with Gasteiger partial charge in [0.15, 0.2) is 5.69 Å². The number of pyridine rings is 1. The second kappa shape index (κ2) is 6.07. The van der Waals surface area contributed by atoms with E-state index in [1.54, 1.807) is 6.07 Å². The van der Waals surface area contributed by atoms with Crippen LogP contribution in [0.1, 0.15) is 47.9 Å². The van der Waals surface area contributed by atoms with Gasteiger partial charge in [0.2, 0.25) is 0 Å². The van der Waals surface area contributed by atoms with Gasteiger partial charge in [-0.25, -0.2) is 0 Å². The highest BCUT2D eigenvalue weighted by Gasteiger charge is 2.19. The number of hydrogen-bond donors (Lipinski definition) is 1. The molecular formula is C19H20N4O. The van der Waals surface area contributed by atoms with Crippen LogP contribution in [0.25, 0.3) is 10.9 Å². The summed E-state index contributed by atoms with van der Waals surface area (Å²) in [5.74, 6) is -0.178. The summed E-state index contributed by atoms with van der Waals surface area (Å²) < 4.78 is 1.94. The number of carbonyl (C=O) groups excluding carboxylic acids is 1. The van der Waals surface area contributed by atoms with E-state index >= 15 is 0 Å². The zero-order valence-corrected chi connectivity index (χ0v) is 13.7. The van der Waals surface area contributed by atoms with Crippen molar-refractivity contribution in [3.8, 4) is 0 Å². The molecule has 1 saturated carbocycles. The van der Waals surface area contributed by atoms with Crippen molar-refractivity contribution in [2.75, 3.05) is 5.32 Å². The van der Waals surface area contributed by atoms with Gasteiger partial charge in [-0.1, -0.05) is 31.0 Å². The van der Waals surface area contributed by atoms with Gasteiger partial charge in [0, 0.05) is 17.3 Å². The first-order chi connectivity index (χ1) is 11.7. The number of aromatic nitrogens is 3. The molecule has 1 aromatic carbocycles. The molecule has 1 aliphatic rings. The molecule has 5 nitrogen and oxygen atoms in total. The Kier molecular flexibility index (Phi) is 3.76. The number of para-hydroxylation sites is 1. The third kappa shape index (κ3) is 2.77. The highest BCUT2D eigenvalue weighted by atomic mass is 16.1. The molecule has 1 N–H and O–H groups in total. The van der Waals surface area contributed by atoms with Crippen LogP contribution in [0.2, 0.25) is 0 Å². The highest BCUT2D eigenvalue weighted by Crippen LogP contribution is 2.29. The van der Waals surface area contributed by atoms with Gasteiger partial charge < -0.3 is 5.32 Å². The molecule has 2 heterocycles. The molecule has 0 unspecified atom stereocenters. The van der Waals surface area contributed by atoms with Gasteiger partial charge in [-0.05, 0) is 38.0 Å². The predicted octanol–water partition coefficient (Wildman–Crippen LogP) is 4.11. The van der Waals surface area contributed by atoms with Gasteiger partial charge >= 0.3 is 0 Å². The van der Waals surface area contributed by atoms with Crippen molar-refractivity contribution in [3.63, 3.8) is 0 Å². The summed E-state index contributed by atoms with van der Waals surface area (Å²) in [6.45, 7) is 1.93. The Bertz CT molecular complexity index is 893. The molecular weight excluding hydrogens is 300 g/mol. The number of nitrogens with one attached hydrogen (secondary N) is 1. The first-order valence-corrected chi connectivity index (χ1v) is 8.43. The third-order valence-corrected chi connectivity index (χ3v) is 4.63. The fourth-order valence-electron chi connectivity index (χ4n) is 3.43. The highest BCUT2D eigenvalue weighted by molar-refractivity contribution is 6.07. The molecule has 5 heteroatoms. The Labute approximate surface area is 140 Å². The fourth-order valence-corrected chi connectivity index (χ4v) is 3.43. The average molecular weight is 320 g/mol. The van der Waals surface area contributed by atoms with Gasteiger partial charge in [0.1, 0.15) is 0 Å². The lowest BCUT2D eigenvalue weighted by atomic mass is 10.1. The molecule has 2 aromatic heterocycles. The first kappa shape index (κ1) is 14.9. The van der Waals surface area contributed by atoms with Gasteiger partial charge in [-0.15, -0.1) is 0 Å². The van der Waals surface area contributed by atoms with Gasteiger partial charge in [0.05, 0.1) is 17.2 Å². The Balaban J connectivity index is 1.60. The normalized spacial score (nSPS) is 15.0. The standard InChI is InChI=1S/C19H20N4O/c1-13-12-18(15-8-4-5-9-16(15)20-13)21-19(24)17-10-11-23(22-17)14-6-2-3-7-14/h4-5,8-12,14H,2-3,6-7H2,1H3,(H,20,21,24). The Morgan fingerprint density at radius 3 is 2.83 bits per heavy atom. The van der Waals surface area contributed by atoms with Crippen molar-refractivity contribution in [2.45, 2.75) is 38.6 Å². The van der Waals surface area contributed by atoms with E-state index in [0.29, 0.717) is 11.7 Å². The van der Waals surface area contributed by atoms with Gasteiger partial charge in [0.25, 0.3) is 5.91 Å². The minimum absolute atomic E-state index is 0.178. The third-order valence-electron chi connectivity index (χ3n) is 4.63. The number of carbonyl (C=O) groups is 1. The number of anilines is 1. The fraction of sp³-hybridized carbons (Fsp3) is 0.316. The molecule has 1 aliphatic carbocycles. The summed E-state index contributed by atoms with van der Waals surface area (Å²) in [6, 6.07) is 11.9. The van der Waals surface area contributed by atoms with Crippen molar-refractivity contribution in [1.29, 1.82) is 0 Å². The predicted molar refractivity (Wildman–Crippen MR) is 94.2 cm³/mol. The number of hydrogen-bond acceptors (Lipinski definition) is 3. The van der Waals surface area contributed by atoms with E-state index in [2.05, 4.69) is 15.4 Å². The Morgan fingerprint density at radius 1 is 1.21 bits per heavy atom. The van der Waals surface area contributed by atoms with Crippen LogP contribution in [0.3, 0.4) is 0 Å². The van der Waals surface area contributed by atoms with Crippen LogP contribution in [-0.4, -0.2) is 20.7 Å². The second-order valence-electron chi connectivity index (χ2n) is 6.40. The Hall–Kier alpha value is -2.69. The minimum atomic E-state index is -0.178.